The first kappa shape index (κ1) is 24.2. The third-order valence-corrected chi connectivity index (χ3v) is 5.75. The Morgan fingerprint density at radius 3 is 2.23 bits per heavy atom. The van der Waals surface area contributed by atoms with Gasteiger partial charge in [-0.05, 0) is 57.4 Å². The first-order valence-electron chi connectivity index (χ1n) is 10.2. The van der Waals surface area contributed by atoms with Gasteiger partial charge in [0.1, 0.15) is 6.04 Å². The molecule has 0 spiro atoms. The van der Waals surface area contributed by atoms with E-state index >= 15 is 0 Å². The van der Waals surface area contributed by atoms with Crippen LogP contribution in [0, 0.1) is 13.8 Å². The molecule has 6 heteroatoms. The van der Waals surface area contributed by atoms with E-state index in [1.807, 2.05) is 39.8 Å². The molecule has 2 aromatic rings. The minimum Gasteiger partial charge on any atom is -0.352 e. The van der Waals surface area contributed by atoms with E-state index in [2.05, 4.69) is 11.4 Å². The molecule has 0 saturated heterocycles. The third-order valence-electron chi connectivity index (χ3n) is 5.16. The molecule has 2 amide bonds. The fraction of sp³-hybridized carbons (Fsp3) is 0.417. The van der Waals surface area contributed by atoms with Gasteiger partial charge in [-0.3, -0.25) is 9.59 Å². The molecule has 2 aromatic carbocycles. The van der Waals surface area contributed by atoms with Gasteiger partial charge in [0, 0.05) is 22.6 Å². The molecular weight excluding hydrogens is 419 g/mol. The molecule has 4 nitrogen and oxygen atoms in total. The smallest absolute Gasteiger partial charge is 0.242 e. The average Bonchev–Trinajstić information content (AvgIpc) is 2.65. The van der Waals surface area contributed by atoms with Crippen molar-refractivity contribution in [1.82, 2.24) is 10.2 Å². The Morgan fingerprint density at radius 1 is 1.03 bits per heavy atom. The van der Waals surface area contributed by atoms with Crippen molar-refractivity contribution in [3.63, 3.8) is 0 Å². The van der Waals surface area contributed by atoms with Crippen molar-refractivity contribution in [2.75, 3.05) is 0 Å². The van der Waals surface area contributed by atoms with Crippen molar-refractivity contribution in [1.29, 1.82) is 0 Å². The normalized spacial score (nSPS) is 12.9. The van der Waals surface area contributed by atoms with Crippen molar-refractivity contribution in [2.45, 2.75) is 66.1 Å². The van der Waals surface area contributed by atoms with Crippen LogP contribution in [0.3, 0.4) is 0 Å². The summed E-state index contributed by atoms with van der Waals surface area (Å²) < 4.78 is 0. The first-order valence-corrected chi connectivity index (χ1v) is 11.0. The molecule has 0 aliphatic rings. The first-order chi connectivity index (χ1) is 14.1. The minimum atomic E-state index is -0.635. The zero-order valence-corrected chi connectivity index (χ0v) is 19.8. The molecule has 1 N–H and O–H groups in total. The third kappa shape index (κ3) is 6.75. The molecule has 0 heterocycles. The van der Waals surface area contributed by atoms with E-state index in [9.17, 15) is 9.59 Å². The fourth-order valence-corrected chi connectivity index (χ4v) is 3.80. The summed E-state index contributed by atoms with van der Waals surface area (Å²) in [4.78, 5) is 27.7. The van der Waals surface area contributed by atoms with Crippen LogP contribution >= 0.6 is 23.2 Å². The van der Waals surface area contributed by atoms with Gasteiger partial charge in [0.05, 0.1) is 6.42 Å². The molecule has 2 atom stereocenters. The molecule has 0 aromatic heterocycles. The molecule has 0 fully saturated rings. The topological polar surface area (TPSA) is 49.4 Å². The molecule has 0 radical (unpaired) electrons. The van der Waals surface area contributed by atoms with E-state index in [0.717, 1.165) is 28.7 Å². The predicted octanol–water partition coefficient (Wildman–Crippen LogP) is 5.48. The van der Waals surface area contributed by atoms with E-state index in [0.29, 0.717) is 10.0 Å². The summed E-state index contributed by atoms with van der Waals surface area (Å²) >= 11 is 12.4. The Hall–Kier alpha value is -2.04. The summed E-state index contributed by atoms with van der Waals surface area (Å²) in [6.45, 7) is 9.95. The molecule has 30 heavy (non-hydrogen) atoms. The number of carbonyl (C=O) groups is 2. The van der Waals surface area contributed by atoms with Gasteiger partial charge >= 0.3 is 0 Å². The summed E-state index contributed by atoms with van der Waals surface area (Å²) in [5.41, 5.74) is 3.89. The Bertz CT molecular complexity index is 894. The molecule has 0 aliphatic carbocycles. The quantitative estimate of drug-likeness (QED) is 0.580. The van der Waals surface area contributed by atoms with Crippen LogP contribution in [-0.4, -0.2) is 28.8 Å². The fourth-order valence-electron chi connectivity index (χ4n) is 3.33. The van der Waals surface area contributed by atoms with Crippen molar-refractivity contribution >= 4 is 35.0 Å². The second kappa shape index (κ2) is 10.8. The van der Waals surface area contributed by atoms with Crippen molar-refractivity contribution in [2.24, 2.45) is 0 Å². The van der Waals surface area contributed by atoms with Gasteiger partial charge in [0.25, 0.3) is 0 Å². The van der Waals surface area contributed by atoms with Crippen molar-refractivity contribution in [3.8, 4) is 0 Å². The molecular formula is C24H30Cl2N2O2. The highest BCUT2D eigenvalue weighted by Gasteiger charge is 2.27. The predicted molar refractivity (Wildman–Crippen MR) is 124 cm³/mol. The van der Waals surface area contributed by atoms with Crippen LogP contribution in [0.2, 0.25) is 10.0 Å². The van der Waals surface area contributed by atoms with Gasteiger partial charge in [0.15, 0.2) is 0 Å². The average molecular weight is 449 g/mol. The minimum absolute atomic E-state index is 0.0374. The summed E-state index contributed by atoms with van der Waals surface area (Å²) in [5, 5.41) is 3.97. The number of benzene rings is 2. The number of rotatable bonds is 8. The Morgan fingerprint density at radius 2 is 1.67 bits per heavy atom. The van der Waals surface area contributed by atoms with Gasteiger partial charge in [-0.1, -0.05) is 65.5 Å². The number of hydrogen-bond donors (Lipinski definition) is 1. The number of nitrogens with zero attached hydrogens (tertiary/aromatic N) is 1. The van der Waals surface area contributed by atoms with Crippen LogP contribution in [-0.2, 0) is 22.6 Å². The Labute approximate surface area is 189 Å². The van der Waals surface area contributed by atoms with E-state index in [-0.39, 0.29) is 30.8 Å². The largest absolute Gasteiger partial charge is 0.352 e. The zero-order chi connectivity index (χ0) is 22.4. The molecule has 162 valence electrons. The van der Waals surface area contributed by atoms with E-state index in [1.165, 1.54) is 0 Å². The van der Waals surface area contributed by atoms with E-state index < -0.39 is 6.04 Å². The Balaban J connectivity index is 2.30. The lowest BCUT2D eigenvalue weighted by Gasteiger charge is -2.30. The zero-order valence-electron chi connectivity index (χ0n) is 18.3. The number of carbonyl (C=O) groups excluding carboxylic acids is 2. The van der Waals surface area contributed by atoms with Crippen LogP contribution in [0.5, 0.6) is 0 Å². The van der Waals surface area contributed by atoms with E-state index in [1.54, 1.807) is 30.0 Å². The highest BCUT2D eigenvalue weighted by atomic mass is 35.5. The molecule has 2 unspecified atom stereocenters. The van der Waals surface area contributed by atoms with Gasteiger partial charge in [-0.2, -0.15) is 0 Å². The van der Waals surface area contributed by atoms with Gasteiger partial charge < -0.3 is 10.2 Å². The number of hydrogen-bond acceptors (Lipinski definition) is 2. The summed E-state index contributed by atoms with van der Waals surface area (Å²) in [6, 6.07) is 10.7. The van der Waals surface area contributed by atoms with Crippen LogP contribution in [0.15, 0.2) is 36.4 Å². The number of amides is 2. The lowest BCUT2D eigenvalue weighted by Crippen LogP contribution is -2.50. The second-order valence-corrected chi connectivity index (χ2v) is 8.77. The van der Waals surface area contributed by atoms with Crippen molar-refractivity contribution in [3.05, 3.63) is 68.7 Å². The lowest BCUT2D eigenvalue weighted by atomic mass is 10.0. The second-order valence-electron chi connectivity index (χ2n) is 7.92. The number of aryl methyl sites for hydroxylation is 2. The molecule has 0 saturated carbocycles. The SMILES string of the molecule is CCC(C)NC(=O)C(C)N(Cc1ccc(Cl)cc1Cl)C(=O)Cc1cc(C)cc(C)c1. The summed E-state index contributed by atoms with van der Waals surface area (Å²) in [6.07, 6.45) is 1.03. The standard InChI is InChI=1S/C24H30Cl2N2O2/c1-6-17(4)27-24(30)18(5)28(14-20-7-8-21(25)13-22(20)26)23(29)12-19-10-15(2)9-16(3)11-19/h7-11,13,17-18H,6,12,14H2,1-5H3,(H,27,30). The lowest BCUT2D eigenvalue weighted by molar-refractivity contribution is -0.140. The van der Waals surface area contributed by atoms with Crippen LogP contribution in [0.25, 0.3) is 0 Å². The van der Waals surface area contributed by atoms with Crippen LogP contribution in [0.1, 0.15) is 49.4 Å². The molecule has 0 aliphatic heterocycles. The Kier molecular flexibility index (Phi) is 8.75. The summed E-state index contributed by atoms with van der Waals surface area (Å²) in [7, 11) is 0. The highest BCUT2D eigenvalue weighted by Crippen LogP contribution is 2.24. The van der Waals surface area contributed by atoms with Crippen LogP contribution < -0.4 is 5.32 Å². The van der Waals surface area contributed by atoms with Gasteiger partial charge in [-0.25, -0.2) is 0 Å². The van der Waals surface area contributed by atoms with Crippen molar-refractivity contribution < 1.29 is 9.59 Å². The maximum Gasteiger partial charge on any atom is 0.242 e. The van der Waals surface area contributed by atoms with E-state index in [4.69, 9.17) is 23.2 Å². The van der Waals surface area contributed by atoms with Gasteiger partial charge in [0.2, 0.25) is 11.8 Å². The maximum atomic E-state index is 13.3. The monoisotopic (exact) mass is 448 g/mol. The number of halogens is 2. The van der Waals surface area contributed by atoms with Gasteiger partial charge in [-0.15, -0.1) is 0 Å². The van der Waals surface area contributed by atoms with Crippen LogP contribution in [0.4, 0.5) is 0 Å². The molecule has 2 rings (SSSR count). The molecule has 0 bridgehead atoms. The summed E-state index contributed by atoms with van der Waals surface area (Å²) in [5.74, 6) is -0.305. The highest BCUT2D eigenvalue weighted by molar-refractivity contribution is 6.35. The number of nitrogens with one attached hydrogen (secondary N) is 1. The maximum absolute atomic E-state index is 13.3.